The van der Waals surface area contributed by atoms with Crippen molar-refractivity contribution in [1.29, 1.82) is 0 Å². The van der Waals surface area contributed by atoms with E-state index in [4.69, 9.17) is 14.2 Å². The van der Waals surface area contributed by atoms with E-state index >= 15 is 0 Å². The van der Waals surface area contributed by atoms with Crippen molar-refractivity contribution in [3.8, 4) is 11.5 Å². The Bertz CT molecular complexity index is 495. The molecular formula is C14H18F3NO4. The third kappa shape index (κ3) is 4.25. The van der Waals surface area contributed by atoms with Crippen LogP contribution in [0.15, 0.2) is 18.2 Å². The van der Waals surface area contributed by atoms with Crippen molar-refractivity contribution in [2.75, 3.05) is 27.6 Å². The van der Waals surface area contributed by atoms with Crippen molar-refractivity contribution < 1.29 is 32.1 Å². The molecule has 1 aromatic rings. The molecule has 0 spiro atoms. The predicted octanol–water partition coefficient (Wildman–Crippen LogP) is 2.62. The van der Waals surface area contributed by atoms with E-state index in [1.54, 1.807) is 0 Å². The molecule has 1 aliphatic rings. The van der Waals surface area contributed by atoms with Crippen LogP contribution in [0.1, 0.15) is 18.0 Å². The summed E-state index contributed by atoms with van der Waals surface area (Å²) in [5.41, 5.74) is 0.558. The van der Waals surface area contributed by atoms with Crippen molar-refractivity contribution in [2.45, 2.75) is 24.9 Å². The van der Waals surface area contributed by atoms with E-state index in [1.807, 2.05) is 0 Å². The Morgan fingerprint density at radius 3 is 2.68 bits per heavy atom. The molecule has 5 nitrogen and oxygen atoms in total. The van der Waals surface area contributed by atoms with Crippen molar-refractivity contribution in [3.63, 3.8) is 0 Å². The maximum absolute atomic E-state index is 12.4. The number of hydrogen-bond donors (Lipinski definition) is 1. The lowest BCUT2D eigenvalue weighted by Crippen LogP contribution is -2.25. The van der Waals surface area contributed by atoms with Gasteiger partial charge in [0.05, 0.1) is 19.3 Å². The standard InChI is InChI=1S/C14H18F3NO4/c1-19-8-21-12-5-6-18-13(12)10-7-9(22-14(15,16)17)3-4-11(10)20-2/h3-4,7,12-13,18H,5-6,8H2,1-2H3/t12-,13-/m1/s1. The number of rotatable bonds is 6. The molecule has 22 heavy (non-hydrogen) atoms. The van der Waals surface area contributed by atoms with Gasteiger partial charge in [-0.1, -0.05) is 0 Å². The summed E-state index contributed by atoms with van der Waals surface area (Å²) < 4.78 is 56.7. The van der Waals surface area contributed by atoms with Crippen LogP contribution in [0.4, 0.5) is 13.2 Å². The molecule has 1 N–H and O–H groups in total. The number of benzene rings is 1. The average molecular weight is 321 g/mol. The van der Waals surface area contributed by atoms with Gasteiger partial charge in [-0.05, 0) is 31.2 Å². The molecule has 1 aromatic carbocycles. The highest BCUT2D eigenvalue weighted by Gasteiger charge is 2.34. The van der Waals surface area contributed by atoms with Gasteiger partial charge in [-0.25, -0.2) is 0 Å². The number of hydrogen-bond acceptors (Lipinski definition) is 5. The summed E-state index contributed by atoms with van der Waals surface area (Å²) in [6.07, 6.45) is -4.22. The van der Waals surface area contributed by atoms with Crippen molar-refractivity contribution in [1.82, 2.24) is 5.32 Å². The average Bonchev–Trinajstić information content (AvgIpc) is 2.91. The summed E-state index contributed by atoms with van der Waals surface area (Å²) >= 11 is 0. The summed E-state index contributed by atoms with van der Waals surface area (Å²) in [5, 5.41) is 3.20. The van der Waals surface area contributed by atoms with Gasteiger partial charge in [-0.15, -0.1) is 13.2 Å². The fourth-order valence-corrected chi connectivity index (χ4v) is 2.48. The zero-order valence-corrected chi connectivity index (χ0v) is 12.3. The van der Waals surface area contributed by atoms with Gasteiger partial charge < -0.3 is 24.3 Å². The van der Waals surface area contributed by atoms with Crippen LogP contribution in [-0.2, 0) is 9.47 Å². The smallest absolute Gasteiger partial charge is 0.496 e. The quantitative estimate of drug-likeness (QED) is 0.816. The van der Waals surface area contributed by atoms with Crippen LogP contribution in [0.25, 0.3) is 0 Å². The first kappa shape index (κ1) is 16.9. The van der Waals surface area contributed by atoms with E-state index in [2.05, 4.69) is 10.1 Å². The van der Waals surface area contributed by atoms with Gasteiger partial charge in [0, 0.05) is 12.7 Å². The van der Waals surface area contributed by atoms with E-state index in [9.17, 15) is 13.2 Å². The monoisotopic (exact) mass is 321 g/mol. The van der Waals surface area contributed by atoms with Gasteiger partial charge in [0.15, 0.2) is 0 Å². The van der Waals surface area contributed by atoms with Crippen molar-refractivity contribution in [2.24, 2.45) is 0 Å². The van der Waals surface area contributed by atoms with Crippen LogP contribution in [0.2, 0.25) is 0 Å². The SMILES string of the molecule is COCO[C@@H]1CCN[C@@H]1c1cc(OC(F)(F)F)ccc1OC. The zero-order chi connectivity index (χ0) is 16.2. The second-order valence-corrected chi connectivity index (χ2v) is 4.78. The van der Waals surface area contributed by atoms with Crippen LogP contribution in [0, 0.1) is 0 Å². The molecule has 0 unspecified atom stereocenters. The van der Waals surface area contributed by atoms with E-state index in [1.165, 1.54) is 32.4 Å². The van der Waals surface area contributed by atoms with Crippen LogP contribution in [-0.4, -0.2) is 40.0 Å². The largest absolute Gasteiger partial charge is 0.573 e. The number of ether oxygens (including phenoxy) is 4. The Morgan fingerprint density at radius 2 is 2.05 bits per heavy atom. The molecule has 1 heterocycles. The summed E-state index contributed by atoms with van der Waals surface area (Å²) in [6.45, 7) is 0.802. The van der Waals surface area contributed by atoms with Gasteiger partial charge in [-0.2, -0.15) is 0 Å². The molecular weight excluding hydrogens is 303 g/mol. The lowest BCUT2D eigenvalue weighted by atomic mass is 10.0. The second-order valence-electron chi connectivity index (χ2n) is 4.78. The first-order valence-corrected chi connectivity index (χ1v) is 6.72. The van der Waals surface area contributed by atoms with Crippen LogP contribution in [0.5, 0.6) is 11.5 Å². The molecule has 0 bridgehead atoms. The zero-order valence-electron chi connectivity index (χ0n) is 12.3. The summed E-state index contributed by atoms with van der Waals surface area (Å²) in [6, 6.07) is 3.69. The van der Waals surface area contributed by atoms with E-state index in [0.29, 0.717) is 17.9 Å². The lowest BCUT2D eigenvalue weighted by Gasteiger charge is -2.23. The third-order valence-corrected chi connectivity index (χ3v) is 3.33. The van der Waals surface area contributed by atoms with Crippen LogP contribution in [0.3, 0.4) is 0 Å². The minimum Gasteiger partial charge on any atom is -0.496 e. The van der Waals surface area contributed by atoms with Crippen molar-refractivity contribution >= 4 is 0 Å². The summed E-state index contributed by atoms with van der Waals surface area (Å²) in [4.78, 5) is 0. The topological polar surface area (TPSA) is 49.0 Å². The van der Waals surface area contributed by atoms with Crippen molar-refractivity contribution in [3.05, 3.63) is 23.8 Å². The molecule has 0 amide bonds. The van der Waals surface area contributed by atoms with Gasteiger partial charge >= 0.3 is 6.36 Å². The molecule has 8 heteroatoms. The highest BCUT2D eigenvalue weighted by atomic mass is 19.4. The number of nitrogens with one attached hydrogen (secondary N) is 1. The molecule has 1 saturated heterocycles. The van der Waals surface area contributed by atoms with Gasteiger partial charge in [0.2, 0.25) is 0 Å². The van der Waals surface area contributed by atoms with E-state index in [-0.39, 0.29) is 24.7 Å². The van der Waals surface area contributed by atoms with E-state index < -0.39 is 6.36 Å². The lowest BCUT2D eigenvalue weighted by molar-refractivity contribution is -0.274. The maximum atomic E-state index is 12.4. The molecule has 1 fully saturated rings. The van der Waals surface area contributed by atoms with Gasteiger partial charge in [-0.3, -0.25) is 0 Å². The summed E-state index contributed by atoms with van der Waals surface area (Å²) in [7, 11) is 2.97. The minimum atomic E-state index is -4.74. The fourth-order valence-electron chi connectivity index (χ4n) is 2.48. The molecule has 2 atom stereocenters. The second kappa shape index (κ2) is 7.17. The molecule has 124 valence electrons. The molecule has 1 aliphatic heterocycles. The minimum absolute atomic E-state index is 0.115. The molecule has 2 rings (SSSR count). The fraction of sp³-hybridized carbons (Fsp3) is 0.571. The van der Waals surface area contributed by atoms with Crippen LogP contribution < -0.4 is 14.8 Å². The molecule has 0 aromatic heterocycles. The number of halogens is 3. The Balaban J connectivity index is 2.25. The Kier molecular flexibility index (Phi) is 5.49. The van der Waals surface area contributed by atoms with E-state index in [0.717, 1.165) is 6.42 Å². The highest BCUT2D eigenvalue weighted by Crippen LogP contribution is 2.36. The molecule has 0 saturated carbocycles. The Hall–Kier alpha value is -1.51. The normalized spacial score (nSPS) is 21.9. The summed E-state index contributed by atoms with van der Waals surface area (Å²) in [5.74, 6) is 0.183. The Labute approximate surface area is 126 Å². The van der Waals surface area contributed by atoms with Crippen LogP contribution >= 0.6 is 0 Å². The first-order valence-electron chi connectivity index (χ1n) is 6.72. The third-order valence-electron chi connectivity index (χ3n) is 3.33. The first-order chi connectivity index (χ1) is 10.4. The highest BCUT2D eigenvalue weighted by molar-refractivity contribution is 5.43. The number of methoxy groups -OCH3 is 2. The maximum Gasteiger partial charge on any atom is 0.573 e. The molecule has 0 aliphatic carbocycles. The van der Waals surface area contributed by atoms with Gasteiger partial charge in [0.1, 0.15) is 18.3 Å². The predicted molar refractivity (Wildman–Crippen MR) is 71.8 cm³/mol. The molecule has 0 radical (unpaired) electrons. The number of alkyl halides is 3. The van der Waals surface area contributed by atoms with Gasteiger partial charge in [0.25, 0.3) is 0 Å². The Morgan fingerprint density at radius 1 is 1.27 bits per heavy atom.